The van der Waals surface area contributed by atoms with E-state index in [0.29, 0.717) is 23.7 Å². The van der Waals surface area contributed by atoms with Crippen molar-refractivity contribution in [3.8, 4) is 5.75 Å². The van der Waals surface area contributed by atoms with E-state index in [0.717, 1.165) is 11.1 Å². The lowest BCUT2D eigenvalue weighted by Gasteiger charge is -2.20. The van der Waals surface area contributed by atoms with Gasteiger partial charge in [0.05, 0.1) is 5.92 Å². The van der Waals surface area contributed by atoms with Crippen molar-refractivity contribution >= 4 is 23.5 Å². The highest BCUT2D eigenvalue weighted by molar-refractivity contribution is 6.30. The lowest BCUT2D eigenvalue weighted by atomic mass is 9.89. The smallest absolute Gasteiger partial charge is 0.308 e. The van der Waals surface area contributed by atoms with Gasteiger partial charge in [-0.2, -0.15) is 0 Å². The number of halogens is 1. The van der Waals surface area contributed by atoms with E-state index in [1.807, 2.05) is 30.3 Å². The molecule has 3 atom stereocenters. The molecule has 0 aromatic heterocycles. The maximum atomic E-state index is 12.9. The highest BCUT2D eigenvalue weighted by Crippen LogP contribution is 2.36. The van der Waals surface area contributed by atoms with Crippen LogP contribution in [0.5, 0.6) is 5.75 Å². The van der Waals surface area contributed by atoms with Gasteiger partial charge in [0.25, 0.3) is 5.91 Å². The summed E-state index contributed by atoms with van der Waals surface area (Å²) in [5.41, 5.74) is 1.85. The van der Waals surface area contributed by atoms with E-state index in [1.54, 1.807) is 23.1 Å². The fourth-order valence-electron chi connectivity index (χ4n) is 3.83. The van der Waals surface area contributed by atoms with Gasteiger partial charge in [-0.3, -0.25) is 9.59 Å². The normalized spacial score (nSPS) is 24.2. The average Bonchev–Trinajstić information content (AvgIpc) is 3.26. The number of carbonyl (C=O) groups excluding carboxylic acids is 1. The van der Waals surface area contributed by atoms with E-state index >= 15 is 0 Å². The first-order chi connectivity index (χ1) is 12.5. The summed E-state index contributed by atoms with van der Waals surface area (Å²) in [7, 11) is 0. The number of benzene rings is 2. The standard InChI is InChI=1S/C20H18ClNO4/c21-14-6-7-17-13(8-14)9-18(26-17)19(23)22-10-15(16(11-22)20(24)25)12-4-2-1-3-5-12/h1-8,15-16,18H,9-11H2,(H,24,25)/t15-,16-,18?/m1/s1. The predicted molar refractivity (Wildman–Crippen MR) is 96.5 cm³/mol. The summed E-state index contributed by atoms with van der Waals surface area (Å²) in [6, 6.07) is 14.8. The Kier molecular flexibility index (Phi) is 4.32. The quantitative estimate of drug-likeness (QED) is 0.900. The second kappa shape index (κ2) is 6.65. The molecule has 2 aromatic carbocycles. The molecule has 2 aliphatic rings. The molecular weight excluding hydrogens is 354 g/mol. The third-order valence-corrected chi connectivity index (χ3v) is 5.38. The van der Waals surface area contributed by atoms with Crippen LogP contribution in [0.2, 0.25) is 5.02 Å². The number of rotatable bonds is 3. The molecule has 0 bridgehead atoms. The van der Waals surface area contributed by atoms with Gasteiger partial charge in [0.15, 0.2) is 6.10 Å². The Bertz CT molecular complexity index is 854. The maximum Gasteiger partial charge on any atom is 0.308 e. The van der Waals surface area contributed by atoms with Crippen LogP contribution in [0, 0.1) is 5.92 Å². The number of likely N-dealkylation sites (tertiary alicyclic amines) is 1. The highest BCUT2D eigenvalue weighted by atomic mass is 35.5. The van der Waals surface area contributed by atoms with Crippen molar-refractivity contribution in [1.29, 1.82) is 0 Å². The van der Waals surface area contributed by atoms with Crippen LogP contribution in [-0.2, 0) is 16.0 Å². The second-order valence-electron chi connectivity index (χ2n) is 6.77. The fourth-order valence-corrected chi connectivity index (χ4v) is 4.03. The van der Waals surface area contributed by atoms with Gasteiger partial charge in [0, 0.05) is 30.5 Å². The molecule has 1 saturated heterocycles. The number of hydrogen-bond acceptors (Lipinski definition) is 3. The van der Waals surface area contributed by atoms with Crippen LogP contribution >= 0.6 is 11.6 Å². The Balaban J connectivity index is 1.52. The molecule has 134 valence electrons. The van der Waals surface area contributed by atoms with E-state index in [2.05, 4.69) is 0 Å². The number of carboxylic acids is 1. The molecule has 1 N–H and O–H groups in total. The van der Waals surface area contributed by atoms with Gasteiger partial charge < -0.3 is 14.7 Å². The summed E-state index contributed by atoms with van der Waals surface area (Å²) in [6.45, 7) is 0.585. The second-order valence-corrected chi connectivity index (χ2v) is 7.20. The largest absolute Gasteiger partial charge is 0.481 e. The summed E-state index contributed by atoms with van der Waals surface area (Å²) in [5.74, 6) is -1.20. The van der Waals surface area contributed by atoms with Crippen LogP contribution in [0.3, 0.4) is 0 Å². The third-order valence-electron chi connectivity index (χ3n) is 5.15. The van der Waals surface area contributed by atoms with Crippen molar-refractivity contribution in [1.82, 2.24) is 4.90 Å². The summed E-state index contributed by atoms with van der Waals surface area (Å²) in [6.07, 6.45) is -0.161. The van der Waals surface area contributed by atoms with Crippen LogP contribution < -0.4 is 4.74 Å². The van der Waals surface area contributed by atoms with Gasteiger partial charge in [-0.25, -0.2) is 0 Å². The lowest BCUT2D eigenvalue weighted by molar-refractivity contribution is -0.142. The molecule has 0 saturated carbocycles. The summed E-state index contributed by atoms with van der Waals surface area (Å²) < 4.78 is 5.78. The Morgan fingerprint density at radius 2 is 1.88 bits per heavy atom. The molecule has 4 rings (SSSR count). The molecule has 0 spiro atoms. The van der Waals surface area contributed by atoms with Crippen LogP contribution in [0.25, 0.3) is 0 Å². The van der Waals surface area contributed by atoms with Crippen molar-refractivity contribution < 1.29 is 19.4 Å². The zero-order valence-corrected chi connectivity index (χ0v) is 14.7. The lowest BCUT2D eigenvalue weighted by Crippen LogP contribution is -2.40. The number of carbonyl (C=O) groups is 2. The van der Waals surface area contributed by atoms with Gasteiger partial charge >= 0.3 is 5.97 Å². The van der Waals surface area contributed by atoms with E-state index < -0.39 is 18.0 Å². The molecule has 2 aromatic rings. The molecule has 2 heterocycles. The summed E-state index contributed by atoms with van der Waals surface area (Å²) in [4.78, 5) is 26.2. The van der Waals surface area contributed by atoms with Gasteiger partial charge in [0.1, 0.15) is 5.75 Å². The molecule has 1 fully saturated rings. The number of nitrogens with zero attached hydrogens (tertiary/aromatic N) is 1. The molecule has 1 amide bonds. The number of amides is 1. The van der Waals surface area contributed by atoms with Gasteiger partial charge in [-0.05, 0) is 29.3 Å². The van der Waals surface area contributed by atoms with Crippen LogP contribution in [0.4, 0.5) is 0 Å². The maximum absolute atomic E-state index is 12.9. The topological polar surface area (TPSA) is 66.8 Å². The van der Waals surface area contributed by atoms with Crippen LogP contribution in [0.15, 0.2) is 48.5 Å². The molecule has 2 aliphatic heterocycles. The van der Waals surface area contributed by atoms with Crippen molar-refractivity contribution in [3.05, 3.63) is 64.7 Å². The van der Waals surface area contributed by atoms with Crippen molar-refractivity contribution in [3.63, 3.8) is 0 Å². The first-order valence-corrected chi connectivity index (χ1v) is 8.92. The van der Waals surface area contributed by atoms with Crippen molar-refractivity contribution in [2.75, 3.05) is 13.1 Å². The van der Waals surface area contributed by atoms with Gasteiger partial charge in [0.2, 0.25) is 0 Å². The van der Waals surface area contributed by atoms with E-state index in [9.17, 15) is 14.7 Å². The molecule has 5 nitrogen and oxygen atoms in total. The molecular formula is C20H18ClNO4. The van der Waals surface area contributed by atoms with E-state index in [4.69, 9.17) is 16.3 Å². The average molecular weight is 372 g/mol. The SMILES string of the molecule is O=C(O)[C@@H]1CN(C(=O)C2Cc3cc(Cl)ccc3O2)C[C@@H]1c1ccccc1. The molecule has 0 radical (unpaired) electrons. The van der Waals surface area contributed by atoms with Crippen LogP contribution in [0.1, 0.15) is 17.0 Å². The molecule has 0 aliphatic carbocycles. The van der Waals surface area contributed by atoms with E-state index in [-0.39, 0.29) is 18.4 Å². The number of fused-ring (bicyclic) bond motifs is 1. The van der Waals surface area contributed by atoms with Gasteiger partial charge in [-0.1, -0.05) is 41.9 Å². The zero-order chi connectivity index (χ0) is 18.3. The minimum atomic E-state index is -0.878. The predicted octanol–water partition coefficient (Wildman–Crippen LogP) is 2.97. The first-order valence-electron chi connectivity index (χ1n) is 8.54. The minimum absolute atomic E-state index is 0.165. The fraction of sp³-hybridized carbons (Fsp3) is 0.300. The molecule has 26 heavy (non-hydrogen) atoms. The van der Waals surface area contributed by atoms with Gasteiger partial charge in [-0.15, -0.1) is 0 Å². The number of carboxylic acid groups (broad SMARTS) is 1. The summed E-state index contributed by atoms with van der Waals surface area (Å²) >= 11 is 6.00. The van der Waals surface area contributed by atoms with Crippen molar-refractivity contribution in [2.24, 2.45) is 5.92 Å². The van der Waals surface area contributed by atoms with E-state index in [1.165, 1.54) is 0 Å². The van der Waals surface area contributed by atoms with Crippen LogP contribution in [-0.4, -0.2) is 41.1 Å². The minimum Gasteiger partial charge on any atom is -0.481 e. The molecule has 1 unspecified atom stereocenters. The number of aliphatic carboxylic acids is 1. The number of ether oxygens (including phenoxy) is 1. The molecule has 6 heteroatoms. The third kappa shape index (κ3) is 3.03. The Morgan fingerprint density at radius 1 is 1.12 bits per heavy atom. The Morgan fingerprint density at radius 3 is 2.62 bits per heavy atom. The zero-order valence-electron chi connectivity index (χ0n) is 14.0. The monoisotopic (exact) mass is 371 g/mol. The van der Waals surface area contributed by atoms with Crippen molar-refractivity contribution in [2.45, 2.75) is 18.4 Å². The summed E-state index contributed by atoms with van der Waals surface area (Å²) in [5, 5.41) is 10.2. The Hall–Kier alpha value is -2.53. The number of hydrogen-bond donors (Lipinski definition) is 1. The highest BCUT2D eigenvalue weighted by Gasteiger charge is 2.43. The first kappa shape index (κ1) is 16.9. The Labute approximate surface area is 156 Å².